The molecule has 1 amide bonds. The Balaban J connectivity index is 1.49. The third-order valence-corrected chi connectivity index (χ3v) is 4.62. The Labute approximate surface area is 131 Å². The number of hydrogen-bond donors (Lipinski definition) is 2. The molecule has 0 bridgehead atoms. The van der Waals surface area contributed by atoms with Crippen molar-refractivity contribution in [3.8, 4) is 0 Å². The molecule has 0 aliphatic carbocycles. The zero-order chi connectivity index (χ0) is 15.4. The molecular formula is C17H25N3O2. The molecule has 0 saturated carbocycles. The van der Waals surface area contributed by atoms with Crippen molar-refractivity contribution in [3.05, 3.63) is 24.3 Å². The number of aliphatic hydroxyl groups is 1. The monoisotopic (exact) mass is 303 g/mol. The molecule has 2 fully saturated rings. The van der Waals surface area contributed by atoms with Crippen LogP contribution in [0.5, 0.6) is 0 Å². The van der Waals surface area contributed by atoms with Crippen LogP contribution in [0.2, 0.25) is 0 Å². The van der Waals surface area contributed by atoms with Gasteiger partial charge in [-0.05, 0) is 56.0 Å². The largest absolute Gasteiger partial charge is 0.396 e. The van der Waals surface area contributed by atoms with Crippen LogP contribution < -0.4 is 10.2 Å². The van der Waals surface area contributed by atoms with Crippen molar-refractivity contribution >= 4 is 17.3 Å². The number of likely N-dealkylation sites (tertiary alicyclic amines) is 1. The van der Waals surface area contributed by atoms with Crippen molar-refractivity contribution < 1.29 is 9.90 Å². The molecule has 2 heterocycles. The molecular weight excluding hydrogens is 278 g/mol. The minimum absolute atomic E-state index is 0.0208. The molecule has 1 unspecified atom stereocenters. The van der Waals surface area contributed by atoms with Gasteiger partial charge in [-0.25, -0.2) is 0 Å². The SMILES string of the molecule is O=C(CN1CCC(CO)C1)Nc1ccc(N2CCCC2)cc1. The summed E-state index contributed by atoms with van der Waals surface area (Å²) in [6.07, 6.45) is 3.51. The first-order valence-corrected chi connectivity index (χ1v) is 8.22. The van der Waals surface area contributed by atoms with Gasteiger partial charge in [0.2, 0.25) is 5.91 Å². The lowest BCUT2D eigenvalue weighted by Crippen LogP contribution is -2.31. The van der Waals surface area contributed by atoms with E-state index in [1.165, 1.54) is 18.5 Å². The van der Waals surface area contributed by atoms with Crippen LogP contribution >= 0.6 is 0 Å². The Bertz CT molecular complexity index is 497. The second-order valence-electron chi connectivity index (χ2n) is 6.36. The molecule has 5 heteroatoms. The van der Waals surface area contributed by atoms with Gasteiger partial charge in [0.25, 0.3) is 0 Å². The van der Waals surface area contributed by atoms with Crippen LogP contribution in [0, 0.1) is 5.92 Å². The lowest BCUT2D eigenvalue weighted by atomic mass is 10.1. The van der Waals surface area contributed by atoms with E-state index in [0.717, 1.165) is 38.3 Å². The van der Waals surface area contributed by atoms with Crippen LogP contribution in [-0.2, 0) is 4.79 Å². The van der Waals surface area contributed by atoms with Gasteiger partial charge in [-0.3, -0.25) is 9.69 Å². The van der Waals surface area contributed by atoms with Gasteiger partial charge in [-0.15, -0.1) is 0 Å². The number of nitrogens with one attached hydrogen (secondary N) is 1. The van der Waals surface area contributed by atoms with Crippen molar-refractivity contribution in [3.63, 3.8) is 0 Å². The van der Waals surface area contributed by atoms with Crippen molar-refractivity contribution in [2.45, 2.75) is 19.3 Å². The molecule has 120 valence electrons. The van der Waals surface area contributed by atoms with E-state index < -0.39 is 0 Å². The van der Waals surface area contributed by atoms with E-state index in [1.54, 1.807) is 0 Å². The van der Waals surface area contributed by atoms with Crippen LogP contribution in [0.25, 0.3) is 0 Å². The normalized spacial score (nSPS) is 22.2. The number of rotatable bonds is 5. The van der Waals surface area contributed by atoms with Gasteiger partial charge in [0.1, 0.15) is 0 Å². The highest BCUT2D eigenvalue weighted by Crippen LogP contribution is 2.22. The highest BCUT2D eigenvalue weighted by atomic mass is 16.3. The highest BCUT2D eigenvalue weighted by Gasteiger charge is 2.23. The molecule has 0 aromatic heterocycles. The van der Waals surface area contributed by atoms with E-state index in [2.05, 4.69) is 27.2 Å². The maximum Gasteiger partial charge on any atom is 0.238 e. The number of carbonyl (C=O) groups excluding carboxylic acids is 1. The zero-order valence-corrected chi connectivity index (χ0v) is 13.0. The summed E-state index contributed by atoms with van der Waals surface area (Å²) in [6, 6.07) is 8.12. The number of benzene rings is 1. The van der Waals surface area contributed by atoms with Crippen LogP contribution in [0.4, 0.5) is 11.4 Å². The number of nitrogens with zero attached hydrogens (tertiary/aromatic N) is 2. The summed E-state index contributed by atoms with van der Waals surface area (Å²) >= 11 is 0. The second-order valence-corrected chi connectivity index (χ2v) is 6.36. The predicted octanol–water partition coefficient (Wildman–Crippen LogP) is 1.54. The maximum absolute atomic E-state index is 12.1. The Morgan fingerprint density at radius 3 is 2.55 bits per heavy atom. The first kappa shape index (κ1) is 15.3. The Hall–Kier alpha value is -1.59. The van der Waals surface area contributed by atoms with Crippen molar-refractivity contribution in [2.75, 3.05) is 49.5 Å². The maximum atomic E-state index is 12.1. The minimum Gasteiger partial charge on any atom is -0.396 e. The molecule has 2 aliphatic heterocycles. The molecule has 3 rings (SSSR count). The highest BCUT2D eigenvalue weighted by molar-refractivity contribution is 5.92. The molecule has 1 atom stereocenters. The van der Waals surface area contributed by atoms with Crippen LogP contribution in [0.1, 0.15) is 19.3 Å². The third kappa shape index (κ3) is 3.78. The van der Waals surface area contributed by atoms with E-state index in [-0.39, 0.29) is 12.5 Å². The van der Waals surface area contributed by atoms with Gasteiger partial charge < -0.3 is 15.3 Å². The molecule has 0 spiro atoms. The van der Waals surface area contributed by atoms with Gasteiger partial charge in [-0.1, -0.05) is 0 Å². The lowest BCUT2D eigenvalue weighted by molar-refractivity contribution is -0.117. The van der Waals surface area contributed by atoms with Crippen molar-refractivity contribution in [1.29, 1.82) is 0 Å². The summed E-state index contributed by atoms with van der Waals surface area (Å²) < 4.78 is 0. The van der Waals surface area contributed by atoms with Crippen LogP contribution in [0.3, 0.4) is 0 Å². The van der Waals surface area contributed by atoms with Gasteiger partial charge >= 0.3 is 0 Å². The van der Waals surface area contributed by atoms with E-state index >= 15 is 0 Å². The Morgan fingerprint density at radius 2 is 1.91 bits per heavy atom. The topological polar surface area (TPSA) is 55.8 Å². The molecule has 2 N–H and O–H groups in total. The molecule has 1 aromatic carbocycles. The van der Waals surface area contributed by atoms with Gasteiger partial charge in [0, 0.05) is 37.6 Å². The zero-order valence-electron chi connectivity index (χ0n) is 13.0. The molecule has 1 aromatic rings. The number of anilines is 2. The average Bonchev–Trinajstić information content (AvgIpc) is 3.19. The van der Waals surface area contributed by atoms with E-state index in [0.29, 0.717) is 12.5 Å². The summed E-state index contributed by atoms with van der Waals surface area (Å²) in [4.78, 5) is 16.6. The Morgan fingerprint density at radius 1 is 1.18 bits per heavy atom. The van der Waals surface area contributed by atoms with E-state index in [9.17, 15) is 4.79 Å². The molecule has 2 saturated heterocycles. The number of carbonyl (C=O) groups is 1. The van der Waals surface area contributed by atoms with Crippen molar-refractivity contribution in [1.82, 2.24) is 4.90 Å². The quantitative estimate of drug-likeness (QED) is 0.866. The summed E-state index contributed by atoms with van der Waals surface area (Å²) in [5.74, 6) is 0.347. The number of aliphatic hydroxyl groups excluding tert-OH is 1. The van der Waals surface area contributed by atoms with E-state index in [4.69, 9.17) is 5.11 Å². The van der Waals surface area contributed by atoms with E-state index in [1.807, 2.05) is 12.1 Å². The summed E-state index contributed by atoms with van der Waals surface area (Å²) in [5, 5.41) is 12.1. The van der Waals surface area contributed by atoms with Crippen LogP contribution in [0.15, 0.2) is 24.3 Å². The minimum atomic E-state index is 0.0208. The predicted molar refractivity (Wildman–Crippen MR) is 88.2 cm³/mol. The number of hydrogen-bond acceptors (Lipinski definition) is 4. The van der Waals surface area contributed by atoms with Gasteiger partial charge in [0.05, 0.1) is 6.54 Å². The summed E-state index contributed by atoms with van der Waals surface area (Å²) in [5.41, 5.74) is 2.09. The molecule has 2 aliphatic rings. The fourth-order valence-corrected chi connectivity index (χ4v) is 3.34. The van der Waals surface area contributed by atoms with Gasteiger partial charge in [-0.2, -0.15) is 0 Å². The molecule has 22 heavy (non-hydrogen) atoms. The third-order valence-electron chi connectivity index (χ3n) is 4.62. The van der Waals surface area contributed by atoms with Crippen LogP contribution in [-0.4, -0.2) is 55.2 Å². The average molecular weight is 303 g/mol. The first-order chi connectivity index (χ1) is 10.7. The summed E-state index contributed by atoms with van der Waals surface area (Å²) in [7, 11) is 0. The smallest absolute Gasteiger partial charge is 0.238 e. The molecule has 0 radical (unpaired) electrons. The fraction of sp³-hybridized carbons (Fsp3) is 0.588. The standard InChI is InChI=1S/C17H25N3O2/c21-13-14-7-10-19(11-14)12-17(22)18-15-3-5-16(6-4-15)20-8-1-2-9-20/h3-6,14,21H,1-2,7-13H2,(H,18,22). The summed E-state index contributed by atoms with van der Waals surface area (Å²) in [6.45, 7) is 4.60. The fourth-order valence-electron chi connectivity index (χ4n) is 3.34. The lowest BCUT2D eigenvalue weighted by Gasteiger charge is -2.18. The van der Waals surface area contributed by atoms with Gasteiger partial charge in [0.15, 0.2) is 0 Å². The Kier molecular flexibility index (Phi) is 4.95. The molecule has 5 nitrogen and oxygen atoms in total. The number of amides is 1. The first-order valence-electron chi connectivity index (χ1n) is 8.22. The second kappa shape index (κ2) is 7.11. The van der Waals surface area contributed by atoms with Crippen molar-refractivity contribution in [2.24, 2.45) is 5.92 Å².